The van der Waals surface area contributed by atoms with Gasteiger partial charge in [0.1, 0.15) is 30.0 Å². The van der Waals surface area contributed by atoms with Crippen molar-refractivity contribution in [3.8, 4) is 17.0 Å². The summed E-state index contributed by atoms with van der Waals surface area (Å²) in [6.07, 6.45) is -9.05. The number of hydroxylamine groups is 1. The number of hydrogen-bond acceptors (Lipinski definition) is 12. The molecule has 23 heteroatoms. The Morgan fingerprint density at radius 2 is 1.57 bits per heavy atom. The summed E-state index contributed by atoms with van der Waals surface area (Å²) < 4.78 is 159. The summed E-state index contributed by atoms with van der Waals surface area (Å²) in [5.74, 6) is -7.46. The Morgan fingerprint density at radius 3 is 2.20 bits per heavy atom. The third-order valence-corrected chi connectivity index (χ3v) is 12.2. The van der Waals surface area contributed by atoms with Gasteiger partial charge in [0, 0.05) is 38.4 Å². The molecule has 2 heterocycles. The summed E-state index contributed by atoms with van der Waals surface area (Å²) in [5, 5.41) is 13.9. The zero-order valence-corrected chi connectivity index (χ0v) is 36.0. The van der Waals surface area contributed by atoms with Gasteiger partial charge < -0.3 is 19.5 Å². The van der Waals surface area contributed by atoms with Gasteiger partial charge in [-0.1, -0.05) is 36.6 Å². The summed E-state index contributed by atoms with van der Waals surface area (Å²) in [4.78, 5) is 37.7. The number of aromatic nitrogens is 2. The molecular weight excluding hydrogens is 901 g/mol. The number of carbonyl (C=O) groups excluding carboxylic acids is 2. The Balaban J connectivity index is 1.48. The van der Waals surface area contributed by atoms with Crippen molar-refractivity contribution in [3.63, 3.8) is 0 Å². The SMILES string of the molecule is COCCN(C)CCOc1ccc(CN2C(=O)C(C(=O)N(OS(=O)(=O)c3ccc(C)cc3)c3ccc(C(F)(F)F)cc3-c3cc(C(F)(F)F)ncn3)=C(O)C3(CCCC3)N2C)c(F)c1F. The summed E-state index contributed by atoms with van der Waals surface area (Å²) in [6, 6.07) is 8.43. The minimum Gasteiger partial charge on any atom is -0.509 e. The van der Waals surface area contributed by atoms with Gasteiger partial charge in [0.25, 0.3) is 11.8 Å². The Morgan fingerprint density at radius 1 is 0.908 bits per heavy atom. The van der Waals surface area contributed by atoms with E-state index in [9.17, 15) is 44.7 Å². The molecule has 0 radical (unpaired) electrons. The van der Waals surface area contributed by atoms with Gasteiger partial charge in [0.05, 0.1) is 40.5 Å². The molecule has 6 rings (SSSR count). The number of rotatable bonds is 15. The largest absolute Gasteiger partial charge is 0.509 e. The van der Waals surface area contributed by atoms with Crippen LogP contribution < -0.4 is 9.80 Å². The fraction of sp³-hybridized carbons (Fsp3) is 0.381. The van der Waals surface area contributed by atoms with Crippen LogP contribution in [-0.4, -0.2) is 103 Å². The van der Waals surface area contributed by atoms with Crippen molar-refractivity contribution in [3.05, 3.63) is 112 Å². The number of ether oxygens (including phenoxy) is 2. The van der Waals surface area contributed by atoms with E-state index >= 15 is 13.6 Å². The fourth-order valence-corrected chi connectivity index (χ4v) is 8.30. The van der Waals surface area contributed by atoms with E-state index in [1.165, 1.54) is 31.3 Å². The minimum atomic E-state index is -5.22. The summed E-state index contributed by atoms with van der Waals surface area (Å²) in [7, 11) is -0.600. The van der Waals surface area contributed by atoms with E-state index in [1.54, 1.807) is 14.0 Å². The number of hydrogen-bond donors (Lipinski definition) is 1. The third-order valence-electron chi connectivity index (χ3n) is 11.0. The fourth-order valence-electron chi connectivity index (χ4n) is 7.40. The maximum atomic E-state index is 15.8. The highest BCUT2D eigenvalue weighted by Gasteiger charge is 2.54. The predicted molar refractivity (Wildman–Crippen MR) is 215 cm³/mol. The lowest BCUT2D eigenvalue weighted by Crippen LogP contribution is -2.62. The lowest BCUT2D eigenvalue weighted by Gasteiger charge is -2.48. The third kappa shape index (κ3) is 10.2. The molecule has 2 amide bonds. The van der Waals surface area contributed by atoms with Crippen LogP contribution in [0.4, 0.5) is 40.8 Å². The maximum absolute atomic E-state index is 15.8. The molecule has 0 unspecified atom stereocenters. The molecule has 3 aromatic carbocycles. The molecule has 1 N–H and O–H groups in total. The first kappa shape index (κ1) is 48.7. The molecule has 1 spiro atoms. The van der Waals surface area contributed by atoms with Crippen LogP contribution in [0.3, 0.4) is 0 Å². The molecule has 14 nitrogen and oxygen atoms in total. The minimum absolute atomic E-state index is 0.0408. The van der Waals surface area contributed by atoms with Crippen LogP contribution in [-0.2, 0) is 47.6 Å². The van der Waals surface area contributed by atoms with E-state index in [4.69, 9.17) is 13.8 Å². The number of carbonyl (C=O) groups is 2. The number of aryl methyl sites for hydroxylation is 1. The van der Waals surface area contributed by atoms with Crippen molar-refractivity contribution in [2.45, 2.75) is 61.9 Å². The Bertz CT molecular complexity index is 2570. The number of methoxy groups -OCH3 is 1. The number of amides is 2. The molecular formula is C42H42F8N6O8S. The summed E-state index contributed by atoms with van der Waals surface area (Å²) >= 11 is 0. The number of aliphatic hydroxyl groups is 1. The van der Waals surface area contributed by atoms with Crippen LogP contribution in [0.15, 0.2) is 83.2 Å². The van der Waals surface area contributed by atoms with Gasteiger partial charge in [-0.15, -0.1) is 4.28 Å². The van der Waals surface area contributed by atoms with Crippen molar-refractivity contribution < 1.29 is 72.0 Å². The maximum Gasteiger partial charge on any atom is 0.433 e. The van der Waals surface area contributed by atoms with Gasteiger partial charge in [-0.05, 0) is 69.3 Å². The van der Waals surface area contributed by atoms with Crippen LogP contribution in [0.2, 0.25) is 0 Å². The molecule has 0 saturated heterocycles. The molecule has 2 aliphatic rings. The zero-order valence-electron chi connectivity index (χ0n) is 35.1. The molecule has 65 heavy (non-hydrogen) atoms. The van der Waals surface area contributed by atoms with E-state index in [0.717, 1.165) is 29.3 Å². The van der Waals surface area contributed by atoms with Crippen molar-refractivity contribution in [1.82, 2.24) is 24.9 Å². The smallest absolute Gasteiger partial charge is 0.433 e. The lowest BCUT2D eigenvalue weighted by atomic mass is 9.88. The second-order valence-electron chi connectivity index (χ2n) is 15.3. The van der Waals surface area contributed by atoms with Gasteiger partial charge in [-0.25, -0.2) is 19.4 Å². The summed E-state index contributed by atoms with van der Waals surface area (Å²) in [5.41, 5.74) is -8.61. The number of anilines is 1. The van der Waals surface area contributed by atoms with Crippen LogP contribution in [0.5, 0.6) is 5.75 Å². The van der Waals surface area contributed by atoms with E-state index in [0.29, 0.717) is 56.6 Å². The van der Waals surface area contributed by atoms with Crippen LogP contribution in [0.1, 0.15) is 48.1 Å². The lowest BCUT2D eigenvalue weighted by molar-refractivity contribution is -0.163. The molecule has 0 bridgehead atoms. The molecule has 1 aliphatic carbocycles. The molecule has 1 fully saturated rings. The van der Waals surface area contributed by atoms with Crippen molar-refractivity contribution in [1.29, 1.82) is 0 Å². The van der Waals surface area contributed by atoms with Crippen LogP contribution in [0, 0.1) is 18.6 Å². The average molecular weight is 943 g/mol. The van der Waals surface area contributed by atoms with Gasteiger partial charge in [0.2, 0.25) is 5.82 Å². The van der Waals surface area contributed by atoms with Gasteiger partial charge in [-0.2, -0.15) is 44.2 Å². The molecule has 1 aliphatic heterocycles. The Labute approximate surface area is 367 Å². The molecule has 4 aromatic rings. The number of likely N-dealkylation sites (N-methyl/N-ethyl adjacent to an activating group) is 2. The van der Waals surface area contributed by atoms with Crippen LogP contribution >= 0.6 is 0 Å². The number of aliphatic hydroxyl groups excluding tert-OH is 1. The molecule has 1 aromatic heterocycles. The first-order valence-electron chi connectivity index (χ1n) is 19.7. The first-order chi connectivity index (χ1) is 30.5. The Hall–Kier alpha value is -5.75. The molecule has 350 valence electrons. The van der Waals surface area contributed by atoms with Crippen molar-refractivity contribution in [2.24, 2.45) is 0 Å². The van der Waals surface area contributed by atoms with E-state index in [1.807, 2.05) is 4.90 Å². The number of benzene rings is 3. The van der Waals surface area contributed by atoms with Crippen molar-refractivity contribution in [2.75, 3.05) is 52.6 Å². The van der Waals surface area contributed by atoms with E-state index in [2.05, 4.69) is 9.97 Å². The number of halogens is 8. The standard InChI is InChI=1S/C42H42F8N6O8S/c1-25-7-11-28(12-8-25)65(60,61)64-56(31-13-10-27(41(45,46)47)21-29(31)30-22-33(42(48,49)50)52-24-51-30)39(59)34-37(57)40(15-5-6-16-40)54(3)55(38(34)58)23-26-9-14-32(36(44)35(26)43)63-20-18-53(2)17-19-62-4/h7-14,21-22,24,57H,5-6,15-20,23H2,1-4H3. The molecule has 1 saturated carbocycles. The second-order valence-corrected chi connectivity index (χ2v) is 16.8. The quantitative estimate of drug-likeness (QED) is 0.0718. The predicted octanol–water partition coefficient (Wildman–Crippen LogP) is 7.39. The van der Waals surface area contributed by atoms with Gasteiger partial charge >= 0.3 is 22.5 Å². The number of alkyl halides is 6. The highest BCUT2D eigenvalue weighted by molar-refractivity contribution is 7.86. The first-order valence-corrected chi connectivity index (χ1v) is 21.1. The Kier molecular flexibility index (Phi) is 14.2. The number of hydrazine groups is 1. The van der Waals surface area contributed by atoms with Gasteiger partial charge in [0.15, 0.2) is 11.6 Å². The van der Waals surface area contributed by atoms with Crippen LogP contribution in [0.25, 0.3) is 11.3 Å². The number of nitrogens with zero attached hydrogens (tertiary/aromatic N) is 6. The molecule has 0 atom stereocenters. The van der Waals surface area contributed by atoms with E-state index in [-0.39, 0.29) is 36.6 Å². The zero-order chi connectivity index (χ0) is 47.6. The second kappa shape index (κ2) is 19.0. The normalized spacial score (nSPS) is 16.0. The highest BCUT2D eigenvalue weighted by Crippen LogP contribution is 2.46. The topological polar surface area (TPSA) is 155 Å². The van der Waals surface area contributed by atoms with Gasteiger partial charge in [-0.3, -0.25) is 14.6 Å². The average Bonchev–Trinajstić information content (AvgIpc) is 3.76. The van der Waals surface area contributed by atoms with Crippen molar-refractivity contribution >= 4 is 27.6 Å². The monoisotopic (exact) mass is 942 g/mol. The highest BCUT2D eigenvalue weighted by atomic mass is 32.2. The van der Waals surface area contributed by atoms with E-state index < -0.39 is 114 Å². The summed E-state index contributed by atoms with van der Waals surface area (Å²) in [6.45, 7) is 2.05.